The third kappa shape index (κ3) is 15.9. The van der Waals surface area contributed by atoms with Crippen molar-refractivity contribution in [2.24, 2.45) is 23.7 Å². The molecule has 0 bridgehead atoms. The van der Waals surface area contributed by atoms with Crippen molar-refractivity contribution in [3.63, 3.8) is 0 Å². The maximum Gasteiger partial charge on any atom is -0.0420 e. The molecular weight excluding hydrogens is 300 g/mol. The van der Waals surface area contributed by atoms with Gasteiger partial charge in [0.1, 0.15) is 0 Å². The van der Waals surface area contributed by atoms with Crippen LogP contribution in [0.2, 0.25) is 0 Å². The minimum Gasteiger partial charge on any atom is -0.0654 e. The van der Waals surface area contributed by atoms with Crippen LogP contribution < -0.4 is 0 Å². The molecule has 0 nitrogen and oxygen atoms in total. The lowest BCUT2D eigenvalue weighted by atomic mass is 9.89. The Morgan fingerprint density at radius 2 is 0.800 bits per heavy atom. The van der Waals surface area contributed by atoms with Crippen LogP contribution in [-0.4, -0.2) is 0 Å². The monoisotopic (exact) mass is 352 g/mol. The predicted molar refractivity (Wildman–Crippen MR) is 117 cm³/mol. The van der Waals surface area contributed by atoms with Crippen LogP contribution in [0.3, 0.4) is 0 Å². The second-order valence-electron chi connectivity index (χ2n) is 9.29. The van der Waals surface area contributed by atoms with Crippen LogP contribution in [0.1, 0.15) is 138 Å². The van der Waals surface area contributed by atoms with E-state index in [-0.39, 0.29) is 0 Å². The second kappa shape index (κ2) is 17.4. The molecule has 3 unspecified atom stereocenters. The van der Waals surface area contributed by atoms with Crippen molar-refractivity contribution < 1.29 is 0 Å². The Balaban J connectivity index is 3.54. The lowest BCUT2D eigenvalue weighted by Crippen LogP contribution is -2.02. The first kappa shape index (κ1) is 25.0. The summed E-state index contributed by atoms with van der Waals surface area (Å²) in [7, 11) is 0. The van der Waals surface area contributed by atoms with E-state index >= 15 is 0 Å². The predicted octanol–water partition coefficient (Wildman–Crippen LogP) is 9.42. The highest BCUT2D eigenvalue weighted by Gasteiger charge is 2.09. The van der Waals surface area contributed by atoms with Gasteiger partial charge in [0.2, 0.25) is 0 Å². The molecule has 0 rings (SSSR count). The number of hydrogen-bond donors (Lipinski definition) is 0. The Labute approximate surface area is 161 Å². The van der Waals surface area contributed by atoms with Crippen LogP contribution in [0.4, 0.5) is 0 Å². The minimum atomic E-state index is 0.944. The average molecular weight is 353 g/mol. The summed E-state index contributed by atoms with van der Waals surface area (Å²) in [6.45, 7) is 14.4. The smallest absolute Gasteiger partial charge is 0.0420 e. The quantitative estimate of drug-likeness (QED) is 0.215. The highest BCUT2D eigenvalue weighted by Crippen LogP contribution is 2.24. The van der Waals surface area contributed by atoms with Crippen molar-refractivity contribution in [1.82, 2.24) is 0 Å². The SMILES string of the molecule is CCCCCC(C)CCCC(C)CCCC(C)CCCC(CC)CC. The molecule has 0 aliphatic rings. The first-order chi connectivity index (χ1) is 12.0. The summed E-state index contributed by atoms with van der Waals surface area (Å²) in [6.07, 6.45) is 21.6. The molecule has 0 spiro atoms. The summed E-state index contributed by atoms with van der Waals surface area (Å²) in [6, 6.07) is 0. The minimum absolute atomic E-state index is 0.944. The average Bonchev–Trinajstić information content (AvgIpc) is 2.59. The fourth-order valence-corrected chi connectivity index (χ4v) is 4.26. The molecule has 0 aliphatic heterocycles. The van der Waals surface area contributed by atoms with Crippen LogP contribution in [-0.2, 0) is 0 Å². The number of unbranched alkanes of at least 4 members (excludes halogenated alkanes) is 2. The zero-order chi connectivity index (χ0) is 18.9. The van der Waals surface area contributed by atoms with Crippen molar-refractivity contribution in [3.8, 4) is 0 Å². The van der Waals surface area contributed by atoms with Crippen LogP contribution in [0.15, 0.2) is 0 Å². The van der Waals surface area contributed by atoms with Gasteiger partial charge in [-0.1, -0.05) is 138 Å². The topological polar surface area (TPSA) is 0 Å². The van der Waals surface area contributed by atoms with Gasteiger partial charge in [0.15, 0.2) is 0 Å². The Bertz CT molecular complexity index is 253. The summed E-state index contributed by atoms with van der Waals surface area (Å²) < 4.78 is 0. The van der Waals surface area contributed by atoms with Gasteiger partial charge in [-0.05, 0) is 23.7 Å². The van der Waals surface area contributed by atoms with E-state index in [1.54, 1.807) is 0 Å². The lowest BCUT2D eigenvalue weighted by Gasteiger charge is -2.17. The third-order valence-electron chi connectivity index (χ3n) is 6.55. The van der Waals surface area contributed by atoms with Gasteiger partial charge in [0, 0.05) is 0 Å². The Kier molecular flexibility index (Phi) is 17.4. The Morgan fingerprint density at radius 3 is 1.16 bits per heavy atom. The molecule has 0 aliphatic carbocycles. The molecule has 0 heterocycles. The Hall–Kier alpha value is 0. The maximum atomic E-state index is 2.49. The van der Waals surface area contributed by atoms with Gasteiger partial charge in [-0.15, -0.1) is 0 Å². The number of rotatable bonds is 18. The first-order valence-electron chi connectivity index (χ1n) is 12.0. The van der Waals surface area contributed by atoms with Crippen molar-refractivity contribution in [1.29, 1.82) is 0 Å². The van der Waals surface area contributed by atoms with Gasteiger partial charge in [0.25, 0.3) is 0 Å². The Morgan fingerprint density at radius 1 is 0.440 bits per heavy atom. The standard InChI is InChI=1S/C25H52/c1-7-10-11-15-22(4)16-12-17-23(5)18-13-19-24(6)20-14-21-25(8-2)9-3/h22-25H,7-21H2,1-6H3. The summed E-state index contributed by atoms with van der Waals surface area (Å²) in [5.41, 5.74) is 0. The van der Waals surface area contributed by atoms with E-state index in [1.807, 2.05) is 0 Å². The molecule has 0 aromatic carbocycles. The molecule has 0 heteroatoms. The molecule has 0 fully saturated rings. The number of hydrogen-bond acceptors (Lipinski definition) is 0. The maximum absolute atomic E-state index is 2.49. The largest absolute Gasteiger partial charge is 0.0654 e. The van der Waals surface area contributed by atoms with Gasteiger partial charge in [-0.2, -0.15) is 0 Å². The van der Waals surface area contributed by atoms with Crippen molar-refractivity contribution in [3.05, 3.63) is 0 Å². The molecule has 25 heavy (non-hydrogen) atoms. The fourth-order valence-electron chi connectivity index (χ4n) is 4.26. The van der Waals surface area contributed by atoms with E-state index in [0.717, 1.165) is 23.7 Å². The molecule has 152 valence electrons. The molecule has 0 amide bonds. The normalized spacial score (nSPS) is 15.5. The van der Waals surface area contributed by atoms with Crippen LogP contribution >= 0.6 is 0 Å². The van der Waals surface area contributed by atoms with Gasteiger partial charge in [0.05, 0.1) is 0 Å². The van der Waals surface area contributed by atoms with E-state index in [0.29, 0.717) is 0 Å². The third-order valence-corrected chi connectivity index (χ3v) is 6.55. The van der Waals surface area contributed by atoms with Crippen LogP contribution in [0.5, 0.6) is 0 Å². The second-order valence-corrected chi connectivity index (χ2v) is 9.29. The van der Waals surface area contributed by atoms with E-state index in [4.69, 9.17) is 0 Å². The van der Waals surface area contributed by atoms with E-state index < -0.39 is 0 Å². The van der Waals surface area contributed by atoms with Crippen molar-refractivity contribution in [2.45, 2.75) is 138 Å². The molecule has 0 aromatic rings. The van der Waals surface area contributed by atoms with E-state index in [2.05, 4.69) is 41.5 Å². The van der Waals surface area contributed by atoms with Gasteiger partial charge >= 0.3 is 0 Å². The van der Waals surface area contributed by atoms with E-state index in [9.17, 15) is 0 Å². The van der Waals surface area contributed by atoms with Crippen molar-refractivity contribution >= 4 is 0 Å². The zero-order valence-electron chi connectivity index (χ0n) is 18.9. The van der Waals surface area contributed by atoms with Crippen LogP contribution in [0.25, 0.3) is 0 Å². The zero-order valence-corrected chi connectivity index (χ0v) is 18.9. The summed E-state index contributed by atoms with van der Waals surface area (Å²) in [4.78, 5) is 0. The fraction of sp³-hybridized carbons (Fsp3) is 1.00. The molecular formula is C25H52. The van der Waals surface area contributed by atoms with Gasteiger partial charge in [-0.3, -0.25) is 0 Å². The summed E-state index contributed by atoms with van der Waals surface area (Å²) in [5.74, 6) is 3.82. The van der Waals surface area contributed by atoms with Gasteiger partial charge in [-0.25, -0.2) is 0 Å². The van der Waals surface area contributed by atoms with Crippen LogP contribution in [0, 0.1) is 23.7 Å². The van der Waals surface area contributed by atoms with Gasteiger partial charge < -0.3 is 0 Å². The molecule has 0 radical (unpaired) electrons. The molecule has 0 saturated carbocycles. The lowest BCUT2D eigenvalue weighted by molar-refractivity contribution is 0.362. The summed E-state index contributed by atoms with van der Waals surface area (Å²) >= 11 is 0. The molecule has 3 atom stereocenters. The van der Waals surface area contributed by atoms with E-state index in [1.165, 1.54) is 96.3 Å². The van der Waals surface area contributed by atoms with Crippen molar-refractivity contribution in [2.75, 3.05) is 0 Å². The molecule has 0 aromatic heterocycles. The highest BCUT2D eigenvalue weighted by atomic mass is 14.1. The first-order valence-corrected chi connectivity index (χ1v) is 12.0. The summed E-state index contributed by atoms with van der Waals surface area (Å²) in [5, 5.41) is 0. The molecule has 0 saturated heterocycles. The molecule has 0 N–H and O–H groups in total. The highest BCUT2D eigenvalue weighted by molar-refractivity contribution is 4.62.